The molecule has 3 rings (SSSR count). The Bertz CT molecular complexity index is 1150. The van der Waals surface area contributed by atoms with Gasteiger partial charge in [0.25, 0.3) is 0 Å². The Morgan fingerprint density at radius 1 is 0.863 bits per heavy atom. The van der Waals surface area contributed by atoms with E-state index < -0.39 is 102 Å². The molecule has 0 aliphatic carbocycles. The van der Waals surface area contributed by atoms with Crippen molar-refractivity contribution in [1.29, 1.82) is 0 Å². The third-order valence-corrected chi connectivity index (χ3v) is 11.9. The van der Waals surface area contributed by atoms with E-state index in [-0.39, 0.29) is 36.7 Å². The quantitative estimate of drug-likeness (QED) is 0.282. The molecule has 51 heavy (non-hydrogen) atoms. The number of rotatable bonds is 7. The number of ether oxygens (including phenoxy) is 6. The normalized spacial score (nSPS) is 48.4. The average Bonchev–Trinajstić information content (AvgIpc) is 3.05. The molecule has 4 N–H and O–H groups in total. The van der Waals surface area contributed by atoms with Crippen LogP contribution < -0.4 is 0 Å². The first-order chi connectivity index (χ1) is 23.5. The highest BCUT2D eigenvalue weighted by molar-refractivity contribution is 5.83. The number of carbonyl (C=O) groups excluding carboxylic acids is 2. The monoisotopic (exact) mass is 731 g/mol. The summed E-state index contributed by atoms with van der Waals surface area (Å²) in [5.41, 5.74) is -2.74. The number of aliphatic hydroxyl groups is 4. The molecule has 0 bridgehead atoms. The predicted octanol–water partition coefficient (Wildman–Crippen LogP) is 2.92. The maximum Gasteiger partial charge on any atom is 0.311 e. The number of ketones is 1. The molecule has 13 heteroatoms. The van der Waals surface area contributed by atoms with Crippen molar-refractivity contribution in [3.63, 3.8) is 0 Å². The van der Waals surface area contributed by atoms with Crippen LogP contribution >= 0.6 is 0 Å². The summed E-state index contributed by atoms with van der Waals surface area (Å²) in [5, 5.41) is 46.2. The van der Waals surface area contributed by atoms with E-state index in [2.05, 4.69) is 0 Å². The number of esters is 1. The first-order valence-corrected chi connectivity index (χ1v) is 18.8. The molecule has 3 saturated heterocycles. The maximum atomic E-state index is 14.2. The number of aliphatic hydroxyl groups excluding tert-OH is 3. The van der Waals surface area contributed by atoms with Crippen LogP contribution in [0.5, 0.6) is 0 Å². The van der Waals surface area contributed by atoms with E-state index in [0.717, 1.165) is 0 Å². The third-order valence-electron chi connectivity index (χ3n) is 11.9. The lowest BCUT2D eigenvalue weighted by molar-refractivity contribution is -0.317. The van der Waals surface area contributed by atoms with Gasteiger partial charge in [0.05, 0.1) is 47.6 Å². The fourth-order valence-electron chi connectivity index (χ4n) is 8.60. The van der Waals surface area contributed by atoms with Crippen LogP contribution in [0.3, 0.4) is 0 Å². The first-order valence-electron chi connectivity index (χ1n) is 18.8. The number of Topliss-reactive ketones (excluding diaryl/α,β-unsaturated/α-hetero) is 1. The number of hydrogen-bond donors (Lipinski definition) is 4. The first kappa shape index (κ1) is 44.1. The second-order valence-electron chi connectivity index (χ2n) is 17.0. The van der Waals surface area contributed by atoms with Crippen LogP contribution in [-0.2, 0) is 38.0 Å². The number of likely N-dealkylation sites (N-methyl/N-ethyl adjacent to an activating group) is 1. The van der Waals surface area contributed by atoms with Gasteiger partial charge in [0.1, 0.15) is 24.1 Å². The van der Waals surface area contributed by atoms with Gasteiger partial charge in [-0.15, -0.1) is 0 Å². The molecule has 0 aromatic heterocycles. The molecule has 298 valence electrons. The van der Waals surface area contributed by atoms with Gasteiger partial charge < -0.3 is 53.7 Å². The Balaban J connectivity index is 2.18. The number of cyclic esters (lactones) is 1. The Hall–Kier alpha value is -1.26. The molecular weight excluding hydrogens is 662 g/mol. The summed E-state index contributed by atoms with van der Waals surface area (Å²) in [7, 11) is 5.24. The molecule has 0 amide bonds. The van der Waals surface area contributed by atoms with Crippen molar-refractivity contribution in [2.24, 2.45) is 35.5 Å². The molecule has 18 unspecified atom stereocenters. The Morgan fingerprint density at radius 3 is 2.02 bits per heavy atom. The zero-order chi connectivity index (χ0) is 38.9. The lowest BCUT2D eigenvalue weighted by Crippen LogP contribution is -2.60. The van der Waals surface area contributed by atoms with Crippen molar-refractivity contribution in [2.75, 3.05) is 21.2 Å². The summed E-state index contributed by atoms with van der Waals surface area (Å²) in [6.07, 6.45) is -8.41. The van der Waals surface area contributed by atoms with Crippen LogP contribution in [0.25, 0.3) is 0 Å². The SMILES string of the molecule is COC1(C)CC(OC2C(C)C(=O)OC(C(C)C)C(C)C(O)C(C)C(=O)C(C)CC(C)(O)C(OC3OC(C)CC(N(C)C)C3O)C2C)OC(C)C1O. The average molecular weight is 732 g/mol. The summed E-state index contributed by atoms with van der Waals surface area (Å²) >= 11 is 0. The van der Waals surface area contributed by atoms with Gasteiger partial charge in [0.2, 0.25) is 0 Å². The fourth-order valence-corrected chi connectivity index (χ4v) is 8.60. The number of carbonyl (C=O) groups is 2. The van der Waals surface area contributed by atoms with E-state index >= 15 is 0 Å². The van der Waals surface area contributed by atoms with Crippen molar-refractivity contribution < 1.29 is 58.4 Å². The summed E-state index contributed by atoms with van der Waals surface area (Å²) < 4.78 is 37.5. The zero-order valence-electron chi connectivity index (χ0n) is 33.4. The molecule has 0 aromatic carbocycles. The molecule has 0 saturated carbocycles. The Morgan fingerprint density at radius 2 is 1.47 bits per heavy atom. The second kappa shape index (κ2) is 17.5. The summed E-state index contributed by atoms with van der Waals surface area (Å²) in [6, 6.07) is -0.300. The van der Waals surface area contributed by atoms with Gasteiger partial charge in [-0.3, -0.25) is 9.59 Å². The fraction of sp³-hybridized carbons (Fsp3) is 0.947. The highest BCUT2D eigenvalue weighted by atomic mass is 16.7. The predicted molar refractivity (Wildman–Crippen MR) is 189 cm³/mol. The summed E-state index contributed by atoms with van der Waals surface area (Å²) in [5.74, 6) is -4.84. The Kier molecular flexibility index (Phi) is 15.1. The van der Waals surface area contributed by atoms with E-state index in [1.54, 1.807) is 55.4 Å². The van der Waals surface area contributed by atoms with E-state index in [0.29, 0.717) is 6.42 Å². The number of methoxy groups -OCH3 is 1. The molecule has 0 radical (unpaired) electrons. The minimum atomic E-state index is -1.73. The minimum Gasteiger partial charge on any atom is -0.461 e. The van der Waals surface area contributed by atoms with Crippen molar-refractivity contribution in [2.45, 2.75) is 174 Å². The summed E-state index contributed by atoms with van der Waals surface area (Å²) in [6.45, 7) is 19.4. The molecule has 3 aliphatic rings. The van der Waals surface area contributed by atoms with Crippen LogP contribution in [0.15, 0.2) is 0 Å². The smallest absolute Gasteiger partial charge is 0.311 e. The van der Waals surface area contributed by atoms with Crippen LogP contribution in [0.1, 0.15) is 95.4 Å². The van der Waals surface area contributed by atoms with Crippen molar-refractivity contribution >= 4 is 11.8 Å². The molecular formula is C38H69NO12. The Labute approximate surface area is 305 Å². The van der Waals surface area contributed by atoms with Gasteiger partial charge in [-0.25, -0.2) is 0 Å². The molecule has 0 aromatic rings. The highest BCUT2D eigenvalue weighted by Crippen LogP contribution is 2.40. The standard InChI is InChI=1S/C38H69NO12/c1-18(2)31-22(6)29(41)21(5)28(40)19(3)16-37(10,45)34(51-36-30(42)26(39(12)13)15-20(4)47-36)23(7)32(24(8)35(44)50-31)49-27-17-38(11,46-14)33(43)25(9)48-27/h18-27,29-34,36,41-43,45H,15-17H2,1-14H3. The largest absolute Gasteiger partial charge is 0.461 e. The molecule has 0 spiro atoms. The van der Waals surface area contributed by atoms with Crippen molar-refractivity contribution in [3.8, 4) is 0 Å². The van der Waals surface area contributed by atoms with Gasteiger partial charge in [0.15, 0.2) is 12.6 Å². The van der Waals surface area contributed by atoms with Crippen LogP contribution in [0, 0.1) is 35.5 Å². The van der Waals surface area contributed by atoms with Gasteiger partial charge >= 0.3 is 5.97 Å². The van der Waals surface area contributed by atoms with E-state index in [1.807, 2.05) is 39.8 Å². The molecule has 18 atom stereocenters. The lowest BCUT2D eigenvalue weighted by atomic mass is 9.74. The lowest BCUT2D eigenvalue weighted by Gasteiger charge is -2.49. The van der Waals surface area contributed by atoms with Gasteiger partial charge in [-0.2, -0.15) is 0 Å². The van der Waals surface area contributed by atoms with Crippen molar-refractivity contribution in [1.82, 2.24) is 4.90 Å². The highest BCUT2D eigenvalue weighted by Gasteiger charge is 2.52. The van der Waals surface area contributed by atoms with E-state index in [1.165, 1.54) is 7.11 Å². The maximum absolute atomic E-state index is 14.2. The second-order valence-corrected chi connectivity index (χ2v) is 17.0. The van der Waals surface area contributed by atoms with Crippen LogP contribution in [0.2, 0.25) is 0 Å². The number of nitrogens with zero attached hydrogens (tertiary/aromatic N) is 1. The van der Waals surface area contributed by atoms with E-state index in [9.17, 15) is 30.0 Å². The molecule has 3 fully saturated rings. The van der Waals surface area contributed by atoms with Gasteiger partial charge in [-0.1, -0.05) is 41.5 Å². The van der Waals surface area contributed by atoms with E-state index in [4.69, 9.17) is 28.4 Å². The third kappa shape index (κ3) is 9.89. The number of hydrogen-bond acceptors (Lipinski definition) is 13. The molecule has 3 aliphatic heterocycles. The molecule has 3 heterocycles. The van der Waals surface area contributed by atoms with Gasteiger partial charge in [0, 0.05) is 43.2 Å². The van der Waals surface area contributed by atoms with Crippen molar-refractivity contribution in [3.05, 3.63) is 0 Å². The van der Waals surface area contributed by atoms with Gasteiger partial charge in [-0.05, 0) is 67.5 Å². The topological polar surface area (TPSA) is 174 Å². The van der Waals surface area contributed by atoms with Crippen LogP contribution in [-0.4, -0.2) is 137 Å². The van der Waals surface area contributed by atoms with Crippen LogP contribution in [0.4, 0.5) is 0 Å². The molecule has 13 nitrogen and oxygen atoms in total. The zero-order valence-corrected chi connectivity index (χ0v) is 33.4. The minimum absolute atomic E-state index is 0.0498. The summed E-state index contributed by atoms with van der Waals surface area (Å²) in [4.78, 5) is 29.9.